The maximum Gasteiger partial charge on any atom is 0.321 e. The Morgan fingerprint density at radius 1 is 0.964 bits per heavy atom. The Hall–Kier alpha value is -3.02. The molecule has 28 heavy (non-hydrogen) atoms. The van der Waals surface area contributed by atoms with Gasteiger partial charge in [0.25, 0.3) is 0 Å². The molecule has 0 aliphatic carbocycles. The molecule has 0 unspecified atom stereocenters. The van der Waals surface area contributed by atoms with E-state index < -0.39 is 0 Å². The van der Waals surface area contributed by atoms with Crippen LogP contribution in [0.15, 0.2) is 48.5 Å². The molecule has 2 aromatic rings. The van der Waals surface area contributed by atoms with Crippen LogP contribution in [0.5, 0.6) is 5.75 Å². The minimum atomic E-state index is -0.123. The largest absolute Gasteiger partial charge is 0.489 e. The third-order valence-corrected chi connectivity index (χ3v) is 4.68. The number of ketones is 1. The van der Waals surface area contributed by atoms with Gasteiger partial charge in [-0.05, 0) is 57.2 Å². The van der Waals surface area contributed by atoms with E-state index in [0.717, 1.165) is 24.5 Å². The summed E-state index contributed by atoms with van der Waals surface area (Å²) < 4.78 is 5.92. The van der Waals surface area contributed by atoms with E-state index in [-0.39, 0.29) is 17.9 Å². The third kappa shape index (κ3) is 4.82. The number of Topliss-reactive ketones (excluding diaryl/α,β-unsaturated/α-hetero) is 1. The van der Waals surface area contributed by atoms with Crippen molar-refractivity contribution in [3.63, 3.8) is 0 Å². The van der Waals surface area contributed by atoms with Crippen LogP contribution >= 0.6 is 0 Å². The molecule has 1 N–H and O–H groups in total. The summed E-state index contributed by atoms with van der Waals surface area (Å²) in [6, 6.07) is 14.9. The Kier molecular flexibility index (Phi) is 6.19. The van der Waals surface area contributed by atoms with E-state index in [9.17, 15) is 9.59 Å². The second-order valence-electron chi connectivity index (χ2n) is 7.17. The minimum absolute atomic E-state index is 0.00993. The van der Waals surface area contributed by atoms with Crippen molar-refractivity contribution < 1.29 is 14.3 Å². The van der Waals surface area contributed by atoms with Gasteiger partial charge in [0.1, 0.15) is 5.75 Å². The lowest BCUT2D eigenvalue weighted by molar-refractivity contribution is 0.101. The van der Waals surface area contributed by atoms with Gasteiger partial charge in [-0.1, -0.05) is 12.1 Å². The van der Waals surface area contributed by atoms with E-state index in [1.165, 1.54) is 6.92 Å². The summed E-state index contributed by atoms with van der Waals surface area (Å²) in [6.45, 7) is 8.31. The molecule has 1 aliphatic heterocycles. The molecular weight excluding hydrogens is 354 g/mol. The second kappa shape index (κ2) is 8.78. The Balaban J connectivity index is 1.58. The number of urea groups is 1. The Bertz CT molecular complexity index is 825. The lowest BCUT2D eigenvalue weighted by Gasteiger charge is -2.36. The number of ether oxygens (including phenoxy) is 1. The number of para-hydroxylation sites is 2. The van der Waals surface area contributed by atoms with Crippen molar-refractivity contribution in [1.82, 2.24) is 4.90 Å². The number of piperazine rings is 1. The lowest BCUT2D eigenvalue weighted by atomic mass is 10.1. The first kappa shape index (κ1) is 19.7. The van der Waals surface area contributed by atoms with Gasteiger partial charge in [-0.3, -0.25) is 4.79 Å². The highest BCUT2D eigenvalue weighted by Crippen LogP contribution is 2.29. The van der Waals surface area contributed by atoms with Crippen LogP contribution < -0.4 is 15.0 Å². The molecule has 1 heterocycles. The number of nitrogens with one attached hydrogen (secondary N) is 1. The number of rotatable bonds is 5. The van der Waals surface area contributed by atoms with Crippen molar-refractivity contribution in [3.05, 3.63) is 54.1 Å². The summed E-state index contributed by atoms with van der Waals surface area (Å²) in [7, 11) is 0. The lowest BCUT2D eigenvalue weighted by Crippen LogP contribution is -2.50. The molecule has 2 aromatic carbocycles. The normalized spacial score (nSPS) is 14.1. The predicted molar refractivity (Wildman–Crippen MR) is 111 cm³/mol. The van der Waals surface area contributed by atoms with Crippen molar-refractivity contribution in [3.8, 4) is 5.75 Å². The molecule has 0 saturated carbocycles. The van der Waals surface area contributed by atoms with E-state index in [0.29, 0.717) is 24.3 Å². The SMILES string of the molecule is CC(=O)c1ccc(NC(=O)N2CCN(c3ccccc3OC(C)C)CC2)cc1. The first-order valence-electron chi connectivity index (χ1n) is 9.61. The number of carbonyl (C=O) groups is 2. The molecule has 0 aromatic heterocycles. The van der Waals surface area contributed by atoms with Gasteiger partial charge in [-0.25, -0.2) is 4.79 Å². The predicted octanol–water partition coefficient (Wildman–Crippen LogP) is 4.03. The number of anilines is 2. The van der Waals surface area contributed by atoms with Crippen LogP contribution in [0.3, 0.4) is 0 Å². The smallest absolute Gasteiger partial charge is 0.321 e. The Labute approximate surface area is 166 Å². The number of benzene rings is 2. The topological polar surface area (TPSA) is 61.9 Å². The van der Waals surface area contributed by atoms with Gasteiger partial charge in [0, 0.05) is 37.4 Å². The van der Waals surface area contributed by atoms with Gasteiger partial charge in [-0.2, -0.15) is 0 Å². The highest BCUT2D eigenvalue weighted by atomic mass is 16.5. The highest BCUT2D eigenvalue weighted by Gasteiger charge is 2.23. The summed E-state index contributed by atoms with van der Waals surface area (Å²) in [5.74, 6) is 0.886. The fourth-order valence-corrected chi connectivity index (χ4v) is 3.21. The summed E-state index contributed by atoms with van der Waals surface area (Å²) in [6.07, 6.45) is 0.114. The highest BCUT2D eigenvalue weighted by molar-refractivity contribution is 5.95. The summed E-state index contributed by atoms with van der Waals surface area (Å²) in [5, 5.41) is 2.90. The van der Waals surface area contributed by atoms with E-state index in [1.807, 2.05) is 32.0 Å². The fraction of sp³-hybridized carbons (Fsp3) is 0.364. The average Bonchev–Trinajstić information content (AvgIpc) is 2.68. The number of hydrogen-bond donors (Lipinski definition) is 1. The average molecular weight is 381 g/mol. The van der Waals surface area contributed by atoms with E-state index in [4.69, 9.17) is 4.74 Å². The van der Waals surface area contributed by atoms with Crippen LogP contribution in [0.1, 0.15) is 31.1 Å². The van der Waals surface area contributed by atoms with Gasteiger partial charge >= 0.3 is 6.03 Å². The van der Waals surface area contributed by atoms with Crippen molar-refractivity contribution in [2.75, 3.05) is 36.4 Å². The molecule has 6 nitrogen and oxygen atoms in total. The van der Waals surface area contributed by atoms with Gasteiger partial charge in [0.2, 0.25) is 0 Å². The molecule has 1 saturated heterocycles. The standard InChI is InChI=1S/C22H27N3O3/c1-16(2)28-21-7-5-4-6-20(21)24-12-14-25(15-13-24)22(27)23-19-10-8-18(9-11-19)17(3)26/h4-11,16H,12-15H2,1-3H3,(H,23,27). The summed E-state index contributed by atoms with van der Waals surface area (Å²) in [4.78, 5) is 28.0. The number of carbonyl (C=O) groups excluding carboxylic acids is 2. The maximum absolute atomic E-state index is 12.5. The molecule has 0 atom stereocenters. The first-order chi connectivity index (χ1) is 13.4. The minimum Gasteiger partial charge on any atom is -0.489 e. The van der Waals surface area contributed by atoms with Gasteiger partial charge < -0.3 is 19.9 Å². The molecule has 0 radical (unpaired) electrons. The summed E-state index contributed by atoms with van der Waals surface area (Å²) >= 11 is 0. The molecule has 1 fully saturated rings. The van der Waals surface area contributed by atoms with Crippen LogP contribution in [-0.4, -0.2) is 49.0 Å². The number of amides is 2. The zero-order valence-corrected chi connectivity index (χ0v) is 16.6. The van der Waals surface area contributed by atoms with E-state index in [1.54, 1.807) is 29.2 Å². The molecule has 0 spiro atoms. The second-order valence-corrected chi connectivity index (χ2v) is 7.17. The Morgan fingerprint density at radius 3 is 2.21 bits per heavy atom. The van der Waals surface area contributed by atoms with E-state index >= 15 is 0 Å². The van der Waals surface area contributed by atoms with E-state index in [2.05, 4.69) is 16.3 Å². The molecule has 2 amide bonds. The van der Waals surface area contributed by atoms with Gasteiger partial charge in [0.15, 0.2) is 5.78 Å². The molecule has 6 heteroatoms. The third-order valence-electron chi connectivity index (χ3n) is 4.68. The number of nitrogens with zero attached hydrogens (tertiary/aromatic N) is 2. The maximum atomic E-state index is 12.5. The van der Waals surface area contributed by atoms with Gasteiger partial charge in [-0.15, -0.1) is 0 Å². The van der Waals surface area contributed by atoms with Crippen molar-refractivity contribution in [2.45, 2.75) is 26.9 Å². The number of hydrogen-bond acceptors (Lipinski definition) is 4. The monoisotopic (exact) mass is 381 g/mol. The molecule has 1 aliphatic rings. The molecule has 3 rings (SSSR count). The van der Waals surface area contributed by atoms with Crippen LogP contribution in [0, 0.1) is 0 Å². The van der Waals surface area contributed by atoms with Crippen molar-refractivity contribution in [1.29, 1.82) is 0 Å². The zero-order valence-electron chi connectivity index (χ0n) is 16.6. The molecular formula is C22H27N3O3. The Morgan fingerprint density at radius 2 is 1.61 bits per heavy atom. The zero-order chi connectivity index (χ0) is 20.1. The summed E-state index contributed by atoms with van der Waals surface area (Å²) in [5.41, 5.74) is 2.39. The van der Waals surface area contributed by atoms with Crippen LogP contribution in [0.2, 0.25) is 0 Å². The first-order valence-corrected chi connectivity index (χ1v) is 9.61. The molecule has 148 valence electrons. The van der Waals surface area contributed by atoms with Crippen molar-refractivity contribution >= 4 is 23.2 Å². The van der Waals surface area contributed by atoms with Crippen LogP contribution in [0.25, 0.3) is 0 Å². The quantitative estimate of drug-likeness (QED) is 0.795. The fourth-order valence-electron chi connectivity index (χ4n) is 3.21. The van der Waals surface area contributed by atoms with Gasteiger partial charge in [0.05, 0.1) is 11.8 Å². The van der Waals surface area contributed by atoms with Crippen molar-refractivity contribution in [2.24, 2.45) is 0 Å². The van der Waals surface area contributed by atoms with Crippen LogP contribution in [0.4, 0.5) is 16.2 Å². The molecule has 0 bridgehead atoms. The van der Waals surface area contributed by atoms with Crippen LogP contribution in [-0.2, 0) is 0 Å².